The number of nitrogens with zero attached hydrogens (tertiary/aromatic N) is 2. The number of amides is 2. The minimum absolute atomic E-state index is 0.0148. The Morgan fingerprint density at radius 2 is 2.10 bits per heavy atom. The second-order valence-electron chi connectivity index (χ2n) is 4.15. The summed E-state index contributed by atoms with van der Waals surface area (Å²) in [5, 5.41) is 6.22. The zero-order valence-electron chi connectivity index (χ0n) is 12.0. The summed E-state index contributed by atoms with van der Waals surface area (Å²) in [6.45, 7) is 5.07. The molecule has 0 spiro atoms. The van der Waals surface area contributed by atoms with Crippen molar-refractivity contribution < 1.29 is 9.59 Å². The molecule has 0 atom stereocenters. The molecule has 1 aromatic rings. The highest BCUT2D eigenvalue weighted by atomic mass is 32.1. The van der Waals surface area contributed by atoms with Gasteiger partial charge in [0, 0.05) is 20.1 Å². The molecule has 0 aliphatic carbocycles. The van der Waals surface area contributed by atoms with Crippen LogP contribution in [-0.4, -0.2) is 48.4 Å². The summed E-state index contributed by atoms with van der Waals surface area (Å²) in [6, 6.07) is 0. The van der Waals surface area contributed by atoms with Crippen LogP contribution in [0.2, 0.25) is 0 Å². The molecule has 1 heterocycles. The van der Waals surface area contributed by atoms with Crippen LogP contribution in [0.5, 0.6) is 0 Å². The van der Waals surface area contributed by atoms with E-state index in [-0.39, 0.29) is 24.2 Å². The first-order chi connectivity index (χ1) is 9.53. The molecule has 7 nitrogen and oxygen atoms in total. The number of likely N-dealkylation sites (N-methyl/N-ethyl adjacent to an activating group) is 2. The third kappa shape index (κ3) is 4.09. The summed E-state index contributed by atoms with van der Waals surface area (Å²) in [5.41, 5.74) is 5.78. The van der Waals surface area contributed by atoms with Crippen molar-refractivity contribution in [2.24, 2.45) is 0 Å². The zero-order valence-corrected chi connectivity index (χ0v) is 12.8. The fourth-order valence-corrected chi connectivity index (χ4v) is 2.39. The topological polar surface area (TPSA) is 100 Å². The number of nitrogens with one attached hydrogen (secondary N) is 2. The van der Waals surface area contributed by atoms with E-state index in [0.29, 0.717) is 16.6 Å². The molecule has 0 saturated heterocycles. The quantitative estimate of drug-likeness (QED) is 0.690. The Labute approximate surface area is 122 Å². The van der Waals surface area contributed by atoms with Crippen LogP contribution in [0.1, 0.15) is 29.9 Å². The molecule has 0 fully saturated rings. The fourth-order valence-electron chi connectivity index (χ4n) is 1.52. The van der Waals surface area contributed by atoms with Crippen LogP contribution >= 0.6 is 11.3 Å². The second-order valence-corrected chi connectivity index (χ2v) is 5.15. The molecule has 2 amide bonds. The van der Waals surface area contributed by atoms with E-state index in [1.165, 1.54) is 23.3 Å². The molecular weight excluding hydrogens is 278 g/mol. The van der Waals surface area contributed by atoms with Gasteiger partial charge < -0.3 is 21.3 Å². The van der Waals surface area contributed by atoms with Gasteiger partial charge in [0.15, 0.2) is 5.13 Å². The maximum absolute atomic E-state index is 12.3. The van der Waals surface area contributed by atoms with E-state index >= 15 is 0 Å². The van der Waals surface area contributed by atoms with Gasteiger partial charge in [-0.05, 0) is 13.3 Å². The standard InChI is InChI=1S/C12H21N5O2S/c1-4-6-15-12-16-10(13)9(20-12)11(19)17(5-2)7-8(18)14-3/h4-7,13H2,1-3H3,(H,14,18)(H,15,16). The normalized spacial score (nSPS) is 10.2. The van der Waals surface area contributed by atoms with Gasteiger partial charge in [-0.3, -0.25) is 9.59 Å². The molecule has 0 bridgehead atoms. The predicted octanol–water partition coefficient (Wildman–Crippen LogP) is 0.755. The van der Waals surface area contributed by atoms with Gasteiger partial charge >= 0.3 is 0 Å². The van der Waals surface area contributed by atoms with Crippen LogP contribution in [0.15, 0.2) is 0 Å². The number of hydrogen-bond donors (Lipinski definition) is 3. The highest BCUT2D eigenvalue weighted by Crippen LogP contribution is 2.26. The van der Waals surface area contributed by atoms with E-state index in [1.54, 1.807) is 0 Å². The van der Waals surface area contributed by atoms with Crippen LogP contribution in [0, 0.1) is 0 Å². The number of thiazole rings is 1. The number of nitrogen functional groups attached to an aromatic ring is 1. The van der Waals surface area contributed by atoms with E-state index in [2.05, 4.69) is 15.6 Å². The number of anilines is 2. The monoisotopic (exact) mass is 299 g/mol. The first kappa shape index (κ1) is 16.2. The molecule has 0 unspecified atom stereocenters. The fraction of sp³-hybridized carbons (Fsp3) is 0.583. The largest absolute Gasteiger partial charge is 0.382 e. The van der Waals surface area contributed by atoms with E-state index < -0.39 is 0 Å². The van der Waals surface area contributed by atoms with Crippen LogP contribution in [0.4, 0.5) is 10.9 Å². The maximum Gasteiger partial charge on any atom is 0.268 e. The minimum Gasteiger partial charge on any atom is -0.382 e. The van der Waals surface area contributed by atoms with Gasteiger partial charge in [0.1, 0.15) is 10.7 Å². The third-order valence-corrected chi connectivity index (χ3v) is 3.67. The summed E-state index contributed by atoms with van der Waals surface area (Å²) >= 11 is 1.22. The lowest BCUT2D eigenvalue weighted by atomic mass is 10.3. The highest BCUT2D eigenvalue weighted by molar-refractivity contribution is 7.18. The van der Waals surface area contributed by atoms with Gasteiger partial charge in [0.25, 0.3) is 5.91 Å². The average Bonchev–Trinajstić information content (AvgIpc) is 2.82. The Balaban J connectivity index is 2.83. The van der Waals surface area contributed by atoms with Gasteiger partial charge in [0.05, 0.1) is 6.54 Å². The van der Waals surface area contributed by atoms with Gasteiger partial charge in [-0.2, -0.15) is 0 Å². The number of carbonyl (C=O) groups is 2. The maximum atomic E-state index is 12.3. The second kappa shape index (κ2) is 7.68. The Morgan fingerprint density at radius 3 is 2.65 bits per heavy atom. The van der Waals surface area contributed by atoms with Crippen molar-refractivity contribution in [2.45, 2.75) is 20.3 Å². The van der Waals surface area contributed by atoms with Crippen molar-refractivity contribution in [3.63, 3.8) is 0 Å². The molecule has 0 aliphatic heterocycles. The van der Waals surface area contributed by atoms with Crippen molar-refractivity contribution in [1.29, 1.82) is 0 Å². The van der Waals surface area contributed by atoms with Crippen molar-refractivity contribution in [2.75, 3.05) is 37.7 Å². The summed E-state index contributed by atoms with van der Waals surface area (Å²) < 4.78 is 0. The molecule has 20 heavy (non-hydrogen) atoms. The Morgan fingerprint density at radius 1 is 1.40 bits per heavy atom. The molecule has 1 aromatic heterocycles. The average molecular weight is 299 g/mol. The SMILES string of the molecule is CCCNc1nc(N)c(C(=O)N(CC)CC(=O)NC)s1. The van der Waals surface area contributed by atoms with Gasteiger partial charge in [0.2, 0.25) is 5.91 Å². The summed E-state index contributed by atoms with van der Waals surface area (Å²) in [7, 11) is 1.54. The number of carbonyl (C=O) groups excluding carboxylic acids is 2. The Hall–Kier alpha value is -1.83. The number of hydrogen-bond acceptors (Lipinski definition) is 6. The van der Waals surface area contributed by atoms with E-state index in [1.807, 2.05) is 13.8 Å². The molecule has 0 radical (unpaired) electrons. The molecular formula is C12H21N5O2S. The van der Waals surface area contributed by atoms with Gasteiger partial charge in [-0.15, -0.1) is 0 Å². The smallest absolute Gasteiger partial charge is 0.268 e. The van der Waals surface area contributed by atoms with Crippen molar-refractivity contribution >= 4 is 34.1 Å². The molecule has 0 aromatic carbocycles. The van der Waals surface area contributed by atoms with Crippen LogP contribution in [0.3, 0.4) is 0 Å². The molecule has 0 aliphatic rings. The van der Waals surface area contributed by atoms with Crippen LogP contribution in [0.25, 0.3) is 0 Å². The van der Waals surface area contributed by atoms with Crippen molar-refractivity contribution in [3.8, 4) is 0 Å². The number of aromatic nitrogens is 1. The first-order valence-electron chi connectivity index (χ1n) is 6.53. The predicted molar refractivity (Wildman–Crippen MR) is 81.0 cm³/mol. The molecule has 8 heteroatoms. The molecule has 112 valence electrons. The van der Waals surface area contributed by atoms with E-state index in [4.69, 9.17) is 5.73 Å². The van der Waals surface area contributed by atoms with E-state index in [9.17, 15) is 9.59 Å². The number of nitrogens with two attached hydrogens (primary N) is 1. The van der Waals surface area contributed by atoms with Crippen LogP contribution in [-0.2, 0) is 4.79 Å². The summed E-state index contributed by atoms with van der Waals surface area (Å²) in [6.07, 6.45) is 0.959. The molecule has 0 saturated carbocycles. The lowest BCUT2D eigenvalue weighted by Gasteiger charge is -2.18. The molecule has 1 rings (SSSR count). The van der Waals surface area contributed by atoms with Crippen molar-refractivity contribution in [1.82, 2.24) is 15.2 Å². The number of rotatable bonds is 7. The third-order valence-electron chi connectivity index (χ3n) is 2.66. The highest BCUT2D eigenvalue weighted by Gasteiger charge is 2.22. The Kier molecular flexibility index (Phi) is 6.23. The van der Waals surface area contributed by atoms with Gasteiger partial charge in [-0.25, -0.2) is 4.98 Å². The molecule has 4 N–H and O–H groups in total. The summed E-state index contributed by atoms with van der Waals surface area (Å²) in [5.74, 6) is -0.280. The van der Waals surface area contributed by atoms with E-state index in [0.717, 1.165) is 13.0 Å². The minimum atomic E-state index is -0.268. The van der Waals surface area contributed by atoms with Crippen LogP contribution < -0.4 is 16.4 Å². The lowest BCUT2D eigenvalue weighted by Crippen LogP contribution is -2.39. The van der Waals surface area contributed by atoms with Crippen molar-refractivity contribution in [3.05, 3.63) is 4.88 Å². The summed E-state index contributed by atoms with van der Waals surface area (Å²) in [4.78, 5) is 29.7. The lowest BCUT2D eigenvalue weighted by molar-refractivity contribution is -0.121. The first-order valence-corrected chi connectivity index (χ1v) is 7.35. The zero-order chi connectivity index (χ0) is 15.1. The Bertz CT molecular complexity index is 474. The van der Waals surface area contributed by atoms with Gasteiger partial charge in [-0.1, -0.05) is 18.3 Å².